The minimum Gasteiger partial charge on any atom is -0.350 e. The van der Waals surface area contributed by atoms with Gasteiger partial charge in [-0.05, 0) is 31.0 Å². The Balaban J connectivity index is 1.36. The molecule has 0 unspecified atom stereocenters. The largest absolute Gasteiger partial charge is 0.350 e. The molecule has 0 saturated carbocycles. The third-order valence-corrected chi connectivity index (χ3v) is 6.33. The van der Waals surface area contributed by atoms with Crippen molar-refractivity contribution in [3.8, 4) is 0 Å². The first kappa shape index (κ1) is 19.7. The maximum Gasteiger partial charge on any atom is 0.256 e. The third-order valence-electron chi connectivity index (χ3n) is 6.33. The fourth-order valence-electron chi connectivity index (χ4n) is 4.48. The summed E-state index contributed by atoms with van der Waals surface area (Å²) in [6.45, 7) is 7.88. The summed E-state index contributed by atoms with van der Waals surface area (Å²) in [7, 11) is 1.99. The fourth-order valence-corrected chi connectivity index (χ4v) is 4.48. The molecule has 4 aromatic rings. The summed E-state index contributed by atoms with van der Waals surface area (Å²) in [5, 5.41) is 14.6. The summed E-state index contributed by atoms with van der Waals surface area (Å²) in [5.74, 6) is 1.25. The number of carbonyl (C=O) groups excluding carboxylic acids is 1. The van der Waals surface area contributed by atoms with Crippen molar-refractivity contribution < 1.29 is 4.79 Å². The van der Waals surface area contributed by atoms with Gasteiger partial charge in [0.2, 0.25) is 0 Å². The molecular formula is C24H28N6O. The third kappa shape index (κ3) is 3.38. The van der Waals surface area contributed by atoms with E-state index in [1.54, 1.807) is 0 Å². The van der Waals surface area contributed by atoms with Crippen LogP contribution < -0.4 is 0 Å². The molecule has 0 atom stereocenters. The first-order chi connectivity index (χ1) is 14.8. The molecule has 7 heteroatoms. The van der Waals surface area contributed by atoms with Gasteiger partial charge in [-0.1, -0.05) is 39.0 Å². The van der Waals surface area contributed by atoms with Crippen molar-refractivity contribution in [3.63, 3.8) is 0 Å². The van der Waals surface area contributed by atoms with Gasteiger partial charge in [-0.15, -0.1) is 10.2 Å². The average molecular weight is 417 g/mol. The first-order valence-electron chi connectivity index (χ1n) is 10.9. The van der Waals surface area contributed by atoms with E-state index in [2.05, 4.69) is 31.0 Å². The molecule has 3 aromatic heterocycles. The number of aryl methyl sites for hydroxylation is 1. The highest BCUT2D eigenvalue weighted by atomic mass is 16.2. The molecule has 0 bridgehead atoms. The molecule has 31 heavy (non-hydrogen) atoms. The molecule has 0 aliphatic carbocycles. The molecule has 0 radical (unpaired) electrons. The van der Waals surface area contributed by atoms with Gasteiger partial charge in [-0.2, -0.15) is 9.61 Å². The number of hydrogen-bond donors (Lipinski definition) is 0. The van der Waals surface area contributed by atoms with Crippen LogP contribution in [0.2, 0.25) is 0 Å². The number of amides is 1. The number of nitrogens with zero attached hydrogens (tertiary/aromatic N) is 6. The lowest BCUT2D eigenvalue weighted by Crippen LogP contribution is -2.38. The highest BCUT2D eigenvalue weighted by molar-refractivity contribution is 6.07. The van der Waals surface area contributed by atoms with Crippen LogP contribution in [-0.4, -0.2) is 48.3 Å². The van der Waals surface area contributed by atoms with E-state index in [1.807, 2.05) is 63.6 Å². The standard InChI is InChI=1S/C24H28N6O/c1-24(2,3)20-9-10-21-25-26-22(30(21)27-20)16-11-13-29(14-12-16)23(31)18-15-28(4)19-8-6-5-7-17(18)19/h5-10,15-16H,11-14H2,1-4H3. The molecule has 1 aromatic carbocycles. The minimum absolute atomic E-state index is 0.0377. The zero-order valence-corrected chi connectivity index (χ0v) is 18.5. The highest BCUT2D eigenvalue weighted by Gasteiger charge is 2.29. The van der Waals surface area contributed by atoms with Crippen LogP contribution >= 0.6 is 0 Å². The predicted octanol–water partition coefficient (Wildman–Crippen LogP) is 3.93. The number of benzene rings is 1. The molecule has 4 heterocycles. The number of likely N-dealkylation sites (tertiary alicyclic amines) is 1. The van der Waals surface area contributed by atoms with E-state index >= 15 is 0 Å². The number of piperidine rings is 1. The molecule has 5 rings (SSSR count). The molecule has 1 fully saturated rings. The van der Waals surface area contributed by atoms with E-state index in [0.717, 1.165) is 46.5 Å². The molecule has 1 aliphatic heterocycles. The Labute approximate surface area is 181 Å². The topological polar surface area (TPSA) is 68.3 Å². The van der Waals surface area contributed by atoms with Crippen molar-refractivity contribution in [2.24, 2.45) is 7.05 Å². The number of carbonyl (C=O) groups is 1. The number of fused-ring (bicyclic) bond motifs is 2. The Morgan fingerprint density at radius 1 is 1.03 bits per heavy atom. The lowest BCUT2D eigenvalue weighted by Gasteiger charge is -2.31. The lowest BCUT2D eigenvalue weighted by atomic mass is 9.92. The normalized spacial score (nSPS) is 15.8. The van der Waals surface area contributed by atoms with Crippen LogP contribution in [0.5, 0.6) is 0 Å². The van der Waals surface area contributed by atoms with Gasteiger partial charge in [0.15, 0.2) is 11.5 Å². The van der Waals surface area contributed by atoms with Crippen LogP contribution in [0.1, 0.15) is 61.4 Å². The second kappa shape index (κ2) is 7.18. The van der Waals surface area contributed by atoms with Crippen molar-refractivity contribution in [2.75, 3.05) is 13.1 Å². The Bertz CT molecular complexity index is 1270. The monoisotopic (exact) mass is 416 g/mol. The Kier molecular flexibility index (Phi) is 4.57. The highest BCUT2D eigenvalue weighted by Crippen LogP contribution is 2.30. The SMILES string of the molecule is Cn1cc(C(=O)N2CCC(c3nnc4ccc(C(C)(C)C)nn34)CC2)c2ccccc21. The zero-order valence-electron chi connectivity index (χ0n) is 18.5. The fraction of sp³-hybridized carbons (Fsp3) is 0.417. The van der Waals surface area contributed by atoms with Crippen molar-refractivity contribution in [1.82, 2.24) is 29.3 Å². The van der Waals surface area contributed by atoms with Gasteiger partial charge in [0.1, 0.15) is 0 Å². The van der Waals surface area contributed by atoms with Gasteiger partial charge in [-0.25, -0.2) is 0 Å². The van der Waals surface area contributed by atoms with E-state index in [-0.39, 0.29) is 17.2 Å². The van der Waals surface area contributed by atoms with E-state index in [9.17, 15) is 4.79 Å². The van der Waals surface area contributed by atoms with Crippen molar-refractivity contribution in [2.45, 2.75) is 44.9 Å². The van der Waals surface area contributed by atoms with Crippen molar-refractivity contribution in [3.05, 3.63) is 59.7 Å². The Morgan fingerprint density at radius 3 is 2.52 bits per heavy atom. The molecule has 0 N–H and O–H groups in total. The first-order valence-corrected chi connectivity index (χ1v) is 10.9. The summed E-state index contributed by atoms with van der Waals surface area (Å²) < 4.78 is 3.92. The summed E-state index contributed by atoms with van der Waals surface area (Å²) in [6, 6.07) is 12.1. The molecule has 0 spiro atoms. The van der Waals surface area contributed by atoms with Gasteiger partial charge < -0.3 is 9.47 Å². The van der Waals surface area contributed by atoms with Crippen molar-refractivity contribution in [1.29, 1.82) is 0 Å². The molecule has 1 amide bonds. The van der Waals surface area contributed by atoms with E-state index in [1.165, 1.54) is 0 Å². The number of rotatable bonds is 2. The zero-order chi connectivity index (χ0) is 21.8. The smallest absolute Gasteiger partial charge is 0.256 e. The molecule has 160 valence electrons. The molecule has 1 aliphatic rings. The second-order valence-corrected chi connectivity index (χ2v) is 9.53. The summed E-state index contributed by atoms with van der Waals surface area (Å²) in [4.78, 5) is 15.2. The average Bonchev–Trinajstić information content (AvgIpc) is 3.34. The molecule has 1 saturated heterocycles. The van der Waals surface area contributed by atoms with Crippen LogP contribution in [0.25, 0.3) is 16.6 Å². The number of para-hydroxylation sites is 1. The lowest BCUT2D eigenvalue weighted by molar-refractivity contribution is 0.0712. The Morgan fingerprint density at radius 2 is 1.77 bits per heavy atom. The maximum absolute atomic E-state index is 13.3. The van der Waals surface area contributed by atoms with Crippen molar-refractivity contribution >= 4 is 22.5 Å². The van der Waals surface area contributed by atoms with Crippen LogP contribution in [0.3, 0.4) is 0 Å². The second-order valence-electron chi connectivity index (χ2n) is 9.53. The maximum atomic E-state index is 13.3. The quantitative estimate of drug-likeness (QED) is 0.496. The minimum atomic E-state index is -0.0377. The van der Waals surface area contributed by atoms with Gasteiger partial charge in [0, 0.05) is 48.6 Å². The number of aromatic nitrogens is 5. The van der Waals surface area contributed by atoms with Crippen LogP contribution in [0.15, 0.2) is 42.6 Å². The molecule has 7 nitrogen and oxygen atoms in total. The molecular weight excluding hydrogens is 388 g/mol. The summed E-state index contributed by atoms with van der Waals surface area (Å²) in [5.41, 5.74) is 3.61. The van der Waals surface area contributed by atoms with E-state index < -0.39 is 0 Å². The van der Waals surface area contributed by atoms with E-state index in [0.29, 0.717) is 13.1 Å². The predicted molar refractivity (Wildman–Crippen MR) is 120 cm³/mol. The summed E-state index contributed by atoms with van der Waals surface area (Å²) in [6.07, 6.45) is 3.67. The summed E-state index contributed by atoms with van der Waals surface area (Å²) >= 11 is 0. The van der Waals surface area contributed by atoms with Gasteiger partial charge in [0.05, 0.1) is 11.3 Å². The van der Waals surface area contributed by atoms with Gasteiger partial charge in [0.25, 0.3) is 5.91 Å². The van der Waals surface area contributed by atoms with Gasteiger partial charge >= 0.3 is 0 Å². The Hall–Kier alpha value is -3.22. The van der Waals surface area contributed by atoms with E-state index in [4.69, 9.17) is 5.10 Å². The number of hydrogen-bond acceptors (Lipinski definition) is 4. The van der Waals surface area contributed by atoms with Gasteiger partial charge in [-0.3, -0.25) is 4.79 Å². The van der Waals surface area contributed by atoms with Crippen LogP contribution in [-0.2, 0) is 12.5 Å². The van der Waals surface area contributed by atoms with Crippen LogP contribution in [0, 0.1) is 0 Å². The van der Waals surface area contributed by atoms with Crippen LogP contribution in [0.4, 0.5) is 0 Å².